The van der Waals surface area contributed by atoms with Gasteiger partial charge in [0, 0.05) is 31.9 Å². The van der Waals surface area contributed by atoms with E-state index >= 15 is 0 Å². The number of anilines is 1. The van der Waals surface area contributed by atoms with E-state index in [1.807, 2.05) is 0 Å². The van der Waals surface area contributed by atoms with E-state index in [0.717, 1.165) is 6.07 Å². The molecule has 5 nitrogen and oxygen atoms in total. The molecule has 1 aromatic carbocycles. The van der Waals surface area contributed by atoms with Crippen LogP contribution in [0.15, 0.2) is 12.1 Å². The molecule has 0 saturated heterocycles. The topological polar surface area (TPSA) is 70.8 Å². The summed E-state index contributed by atoms with van der Waals surface area (Å²) in [6.07, 6.45) is 0.619. The molecule has 2 N–H and O–H groups in total. The summed E-state index contributed by atoms with van der Waals surface area (Å²) in [7, 11) is 2.80. The Morgan fingerprint density at radius 2 is 2.06 bits per heavy atom. The highest BCUT2D eigenvalue weighted by Crippen LogP contribution is 2.24. The van der Waals surface area contributed by atoms with Gasteiger partial charge in [-0.2, -0.15) is 0 Å². The van der Waals surface area contributed by atoms with Gasteiger partial charge in [-0.15, -0.1) is 0 Å². The van der Waals surface area contributed by atoms with Crippen molar-refractivity contribution in [1.82, 2.24) is 0 Å². The molecule has 0 heterocycles. The molecular weight excluding hydrogens is 241 g/mol. The zero-order valence-corrected chi connectivity index (χ0v) is 10.4. The van der Waals surface area contributed by atoms with Crippen molar-refractivity contribution < 1.29 is 23.4 Å². The SMILES string of the molecule is COCCCOc1cc(C(=O)OC)c(N)cc1F. The Morgan fingerprint density at radius 3 is 2.67 bits per heavy atom. The van der Waals surface area contributed by atoms with Gasteiger partial charge in [-0.05, 0) is 6.07 Å². The molecule has 0 fully saturated rings. The van der Waals surface area contributed by atoms with Crippen LogP contribution in [0.2, 0.25) is 0 Å². The van der Waals surface area contributed by atoms with Crippen LogP contribution in [0.4, 0.5) is 10.1 Å². The summed E-state index contributed by atoms with van der Waals surface area (Å²) >= 11 is 0. The molecule has 0 atom stereocenters. The summed E-state index contributed by atoms with van der Waals surface area (Å²) < 4.78 is 28.1. The van der Waals surface area contributed by atoms with Crippen molar-refractivity contribution in [2.45, 2.75) is 6.42 Å². The van der Waals surface area contributed by atoms with Gasteiger partial charge in [-0.25, -0.2) is 9.18 Å². The summed E-state index contributed by atoms with van der Waals surface area (Å²) in [5.74, 6) is -1.27. The quantitative estimate of drug-likeness (QED) is 0.476. The van der Waals surface area contributed by atoms with Crippen molar-refractivity contribution in [3.05, 3.63) is 23.5 Å². The molecule has 0 spiro atoms. The predicted octanol–water partition coefficient (Wildman–Crippen LogP) is 1.61. The third kappa shape index (κ3) is 3.59. The molecule has 1 rings (SSSR count). The van der Waals surface area contributed by atoms with Crippen LogP contribution in [0.1, 0.15) is 16.8 Å². The number of hydrogen-bond donors (Lipinski definition) is 1. The molecule has 0 amide bonds. The van der Waals surface area contributed by atoms with Gasteiger partial charge >= 0.3 is 5.97 Å². The summed E-state index contributed by atoms with van der Waals surface area (Å²) in [6, 6.07) is 2.28. The van der Waals surface area contributed by atoms with Crippen molar-refractivity contribution in [3.63, 3.8) is 0 Å². The summed E-state index contributed by atoms with van der Waals surface area (Å²) in [6.45, 7) is 0.801. The second-order valence-electron chi connectivity index (χ2n) is 3.56. The highest BCUT2D eigenvalue weighted by molar-refractivity contribution is 5.95. The first kappa shape index (κ1) is 14.2. The zero-order valence-electron chi connectivity index (χ0n) is 10.4. The maximum atomic E-state index is 13.5. The molecule has 0 aliphatic rings. The van der Waals surface area contributed by atoms with Crippen molar-refractivity contribution in [2.24, 2.45) is 0 Å². The molecule has 0 bridgehead atoms. The molecule has 0 aliphatic carbocycles. The van der Waals surface area contributed by atoms with Crippen molar-refractivity contribution >= 4 is 11.7 Å². The van der Waals surface area contributed by atoms with E-state index in [4.69, 9.17) is 15.2 Å². The minimum Gasteiger partial charge on any atom is -0.490 e. The Hall–Kier alpha value is -1.82. The Morgan fingerprint density at radius 1 is 1.33 bits per heavy atom. The predicted molar refractivity (Wildman–Crippen MR) is 64.1 cm³/mol. The maximum Gasteiger partial charge on any atom is 0.340 e. The molecule has 0 unspecified atom stereocenters. The number of nitrogen functional groups attached to an aromatic ring is 1. The van der Waals surface area contributed by atoms with Crippen molar-refractivity contribution in [2.75, 3.05) is 33.2 Å². The fourth-order valence-electron chi connectivity index (χ4n) is 1.35. The lowest BCUT2D eigenvalue weighted by atomic mass is 10.1. The largest absolute Gasteiger partial charge is 0.490 e. The number of esters is 1. The number of methoxy groups -OCH3 is 2. The van der Waals surface area contributed by atoms with Crippen molar-refractivity contribution in [3.8, 4) is 5.75 Å². The first-order valence-corrected chi connectivity index (χ1v) is 5.39. The van der Waals surface area contributed by atoms with E-state index in [1.54, 1.807) is 7.11 Å². The number of rotatable bonds is 6. The van der Waals surface area contributed by atoms with E-state index < -0.39 is 11.8 Å². The lowest BCUT2D eigenvalue weighted by Gasteiger charge is -2.10. The van der Waals surface area contributed by atoms with Gasteiger partial charge in [0.25, 0.3) is 0 Å². The number of ether oxygens (including phenoxy) is 3. The van der Waals surface area contributed by atoms with Gasteiger partial charge in [-0.1, -0.05) is 0 Å². The number of halogens is 1. The van der Waals surface area contributed by atoms with Crippen LogP contribution < -0.4 is 10.5 Å². The lowest BCUT2D eigenvalue weighted by molar-refractivity contribution is 0.0601. The van der Waals surface area contributed by atoms with Crippen LogP contribution in [0.25, 0.3) is 0 Å². The highest BCUT2D eigenvalue weighted by atomic mass is 19.1. The molecule has 18 heavy (non-hydrogen) atoms. The average Bonchev–Trinajstić information content (AvgIpc) is 2.36. The van der Waals surface area contributed by atoms with E-state index in [1.165, 1.54) is 13.2 Å². The monoisotopic (exact) mass is 257 g/mol. The standard InChI is InChI=1S/C12H16FNO4/c1-16-4-3-5-18-11-6-8(12(15)17-2)10(14)7-9(11)13/h6-7H,3-5,14H2,1-2H3. The van der Waals surface area contributed by atoms with Gasteiger partial charge in [0.05, 0.1) is 19.3 Å². The van der Waals surface area contributed by atoms with Crippen LogP contribution in [-0.2, 0) is 9.47 Å². The van der Waals surface area contributed by atoms with Crippen LogP contribution in [0.3, 0.4) is 0 Å². The second-order valence-corrected chi connectivity index (χ2v) is 3.56. The van der Waals surface area contributed by atoms with E-state index in [9.17, 15) is 9.18 Å². The van der Waals surface area contributed by atoms with Gasteiger partial charge in [-0.3, -0.25) is 0 Å². The zero-order chi connectivity index (χ0) is 13.5. The van der Waals surface area contributed by atoms with E-state index in [0.29, 0.717) is 13.0 Å². The van der Waals surface area contributed by atoms with Crippen LogP contribution in [-0.4, -0.2) is 33.4 Å². The summed E-state index contributed by atoms with van der Waals surface area (Å²) in [5, 5.41) is 0. The molecule has 0 radical (unpaired) electrons. The summed E-state index contributed by atoms with van der Waals surface area (Å²) in [4.78, 5) is 11.4. The Balaban J connectivity index is 2.81. The normalized spacial score (nSPS) is 10.2. The minimum atomic E-state index is -0.630. The van der Waals surface area contributed by atoms with Gasteiger partial charge in [0.2, 0.25) is 0 Å². The Bertz CT molecular complexity index is 423. The number of carbonyl (C=O) groups is 1. The van der Waals surface area contributed by atoms with E-state index in [-0.39, 0.29) is 23.6 Å². The third-order valence-corrected chi connectivity index (χ3v) is 2.26. The van der Waals surface area contributed by atoms with Gasteiger partial charge < -0.3 is 19.9 Å². The first-order chi connectivity index (χ1) is 8.60. The number of benzene rings is 1. The summed E-state index contributed by atoms with van der Waals surface area (Å²) in [5.41, 5.74) is 5.63. The van der Waals surface area contributed by atoms with Gasteiger partial charge in [0.1, 0.15) is 0 Å². The molecule has 1 aromatic rings. The fourth-order valence-corrected chi connectivity index (χ4v) is 1.35. The number of nitrogens with two attached hydrogens (primary N) is 1. The first-order valence-electron chi connectivity index (χ1n) is 5.39. The lowest BCUT2D eigenvalue weighted by Crippen LogP contribution is -2.08. The Labute approximate surface area is 105 Å². The third-order valence-electron chi connectivity index (χ3n) is 2.26. The molecule has 100 valence electrons. The van der Waals surface area contributed by atoms with Crippen molar-refractivity contribution in [1.29, 1.82) is 0 Å². The number of hydrogen-bond acceptors (Lipinski definition) is 5. The second kappa shape index (κ2) is 6.80. The average molecular weight is 257 g/mol. The molecule has 0 aromatic heterocycles. The number of carbonyl (C=O) groups excluding carboxylic acids is 1. The highest BCUT2D eigenvalue weighted by Gasteiger charge is 2.15. The van der Waals surface area contributed by atoms with Gasteiger partial charge in [0.15, 0.2) is 11.6 Å². The fraction of sp³-hybridized carbons (Fsp3) is 0.417. The van der Waals surface area contributed by atoms with Crippen LogP contribution in [0, 0.1) is 5.82 Å². The smallest absolute Gasteiger partial charge is 0.340 e. The Kier molecular flexibility index (Phi) is 5.38. The van der Waals surface area contributed by atoms with E-state index in [2.05, 4.69) is 4.74 Å². The molecule has 6 heteroatoms. The van der Waals surface area contributed by atoms with Crippen LogP contribution in [0.5, 0.6) is 5.75 Å². The van der Waals surface area contributed by atoms with Crippen LogP contribution >= 0.6 is 0 Å². The molecular formula is C12H16FNO4. The minimum absolute atomic E-state index is 0.0172. The molecule has 0 saturated carbocycles. The maximum absolute atomic E-state index is 13.5. The molecule has 0 aliphatic heterocycles.